The fourth-order valence-electron chi connectivity index (χ4n) is 3.18. The van der Waals surface area contributed by atoms with Crippen LogP contribution in [0, 0.1) is 11.7 Å². The Kier molecular flexibility index (Phi) is 2.36. The molecule has 2 atom stereocenters. The van der Waals surface area contributed by atoms with Crippen LogP contribution in [0.15, 0.2) is 18.2 Å². The highest BCUT2D eigenvalue weighted by Crippen LogP contribution is 2.41. The van der Waals surface area contributed by atoms with Gasteiger partial charge in [-0.15, -0.1) is 0 Å². The maximum absolute atomic E-state index is 13.1. The molecule has 2 nitrogen and oxygen atoms in total. The molecule has 3 heteroatoms. The zero-order valence-electron chi connectivity index (χ0n) is 9.19. The van der Waals surface area contributed by atoms with E-state index >= 15 is 0 Å². The van der Waals surface area contributed by atoms with Gasteiger partial charge >= 0.3 is 0 Å². The minimum absolute atomic E-state index is 0.0824. The molecule has 1 saturated carbocycles. The number of benzene rings is 1. The third-order valence-electron chi connectivity index (χ3n) is 3.93. The molecule has 1 aliphatic heterocycles. The second-order valence-corrected chi connectivity index (χ2v) is 4.92. The molecule has 86 valence electrons. The molecule has 2 bridgehead atoms. The monoisotopic (exact) mass is 221 g/mol. The fraction of sp³-hybridized carbons (Fsp3) is 0.538. The Morgan fingerprint density at radius 2 is 2.25 bits per heavy atom. The highest BCUT2D eigenvalue weighted by molar-refractivity contribution is 5.55. The van der Waals surface area contributed by atoms with E-state index in [-0.39, 0.29) is 12.4 Å². The van der Waals surface area contributed by atoms with Crippen molar-refractivity contribution in [2.45, 2.75) is 31.9 Å². The number of nitrogens with zero attached hydrogens (tertiary/aromatic N) is 1. The molecule has 1 heterocycles. The number of aliphatic hydroxyl groups excluding tert-OH is 1. The summed E-state index contributed by atoms with van der Waals surface area (Å²) in [4.78, 5) is 2.35. The minimum Gasteiger partial charge on any atom is -0.392 e. The average molecular weight is 221 g/mol. The molecule has 1 aromatic carbocycles. The van der Waals surface area contributed by atoms with Crippen molar-refractivity contribution < 1.29 is 9.50 Å². The smallest absolute Gasteiger partial charge is 0.123 e. The van der Waals surface area contributed by atoms with E-state index in [1.165, 1.54) is 31.4 Å². The van der Waals surface area contributed by atoms with E-state index in [9.17, 15) is 9.50 Å². The van der Waals surface area contributed by atoms with Gasteiger partial charge < -0.3 is 10.0 Å². The van der Waals surface area contributed by atoms with Gasteiger partial charge in [0, 0.05) is 23.8 Å². The lowest BCUT2D eigenvalue weighted by Crippen LogP contribution is -2.32. The maximum Gasteiger partial charge on any atom is 0.123 e. The molecule has 3 rings (SSSR count). The van der Waals surface area contributed by atoms with Crippen LogP contribution < -0.4 is 4.90 Å². The van der Waals surface area contributed by atoms with Gasteiger partial charge in [0.25, 0.3) is 0 Å². The topological polar surface area (TPSA) is 23.5 Å². The molecule has 2 unspecified atom stereocenters. The van der Waals surface area contributed by atoms with Crippen LogP contribution in [0.4, 0.5) is 10.1 Å². The van der Waals surface area contributed by atoms with Gasteiger partial charge in [-0.05, 0) is 43.4 Å². The second kappa shape index (κ2) is 3.74. The van der Waals surface area contributed by atoms with Crippen LogP contribution in [0.5, 0.6) is 0 Å². The summed E-state index contributed by atoms with van der Waals surface area (Å²) in [5.41, 5.74) is 1.74. The van der Waals surface area contributed by atoms with Crippen molar-refractivity contribution in [3.8, 4) is 0 Å². The Morgan fingerprint density at radius 1 is 1.38 bits per heavy atom. The first-order valence-corrected chi connectivity index (χ1v) is 5.94. The van der Waals surface area contributed by atoms with E-state index in [2.05, 4.69) is 4.90 Å². The van der Waals surface area contributed by atoms with Gasteiger partial charge in [-0.2, -0.15) is 0 Å². The second-order valence-electron chi connectivity index (χ2n) is 4.92. The predicted octanol–water partition coefficient (Wildman–Crippen LogP) is 2.31. The van der Waals surface area contributed by atoms with Gasteiger partial charge in [0.1, 0.15) is 5.82 Å². The molecule has 0 radical (unpaired) electrons. The maximum atomic E-state index is 13.1. The molecule has 0 amide bonds. The quantitative estimate of drug-likeness (QED) is 0.828. The third-order valence-corrected chi connectivity index (χ3v) is 3.93. The molecular formula is C13H16FNO. The molecule has 1 aromatic rings. The van der Waals surface area contributed by atoms with Crippen molar-refractivity contribution >= 4 is 5.69 Å². The van der Waals surface area contributed by atoms with E-state index < -0.39 is 0 Å². The summed E-state index contributed by atoms with van der Waals surface area (Å²) in [6, 6.07) is 5.35. The molecule has 0 aromatic heterocycles. The van der Waals surface area contributed by atoms with Crippen LogP contribution >= 0.6 is 0 Å². The number of rotatable bonds is 2. The Morgan fingerprint density at radius 3 is 2.88 bits per heavy atom. The standard InChI is InChI=1S/C13H16FNO/c14-11-2-4-13(10(6-11)8-16)15-7-9-1-3-12(15)5-9/h2,4,6,9,12,16H,1,3,5,7-8H2. The molecule has 2 aliphatic rings. The highest BCUT2D eigenvalue weighted by atomic mass is 19.1. The molecule has 1 saturated heterocycles. The van der Waals surface area contributed by atoms with Crippen LogP contribution in [-0.2, 0) is 6.61 Å². The Bertz CT molecular complexity index is 407. The first-order valence-electron chi connectivity index (χ1n) is 5.94. The van der Waals surface area contributed by atoms with Gasteiger partial charge in [0.05, 0.1) is 6.61 Å². The van der Waals surface area contributed by atoms with Crippen molar-refractivity contribution in [1.29, 1.82) is 0 Å². The highest BCUT2D eigenvalue weighted by Gasteiger charge is 2.38. The normalized spacial score (nSPS) is 27.8. The van der Waals surface area contributed by atoms with E-state index in [0.717, 1.165) is 18.2 Å². The lowest BCUT2D eigenvalue weighted by atomic mass is 10.1. The Hall–Kier alpha value is -1.09. The van der Waals surface area contributed by atoms with Gasteiger partial charge in [-0.1, -0.05) is 0 Å². The fourth-order valence-corrected chi connectivity index (χ4v) is 3.18. The largest absolute Gasteiger partial charge is 0.392 e. The van der Waals surface area contributed by atoms with Crippen LogP contribution in [0.25, 0.3) is 0 Å². The molecule has 16 heavy (non-hydrogen) atoms. The van der Waals surface area contributed by atoms with E-state index in [4.69, 9.17) is 0 Å². The van der Waals surface area contributed by atoms with Gasteiger partial charge in [0.2, 0.25) is 0 Å². The molecule has 2 fully saturated rings. The number of halogens is 1. The summed E-state index contributed by atoms with van der Waals surface area (Å²) in [6.45, 7) is 0.990. The molecular weight excluding hydrogens is 205 g/mol. The Labute approximate surface area is 94.7 Å². The first-order chi connectivity index (χ1) is 7.78. The SMILES string of the molecule is OCc1cc(F)ccc1N1CC2CCC1C2. The van der Waals surface area contributed by atoms with Crippen LogP contribution in [0.2, 0.25) is 0 Å². The zero-order chi connectivity index (χ0) is 11.1. The predicted molar refractivity (Wildman–Crippen MR) is 60.8 cm³/mol. The summed E-state index contributed by atoms with van der Waals surface area (Å²) >= 11 is 0. The lowest BCUT2D eigenvalue weighted by Gasteiger charge is -2.30. The molecule has 1 N–H and O–H groups in total. The van der Waals surface area contributed by atoms with Gasteiger partial charge in [-0.25, -0.2) is 4.39 Å². The van der Waals surface area contributed by atoms with Gasteiger partial charge in [-0.3, -0.25) is 0 Å². The minimum atomic E-state index is -0.267. The summed E-state index contributed by atoms with van der Waals surface area (Å²) in [5.74, 6) is 0.541. The summed E-state index contributed by atoms with van der Waals surface area (Å²) in [5, 5.41) is 9.28. The van der Waals surface area contributed by atoms with Crippen molar-refractivity contribution in [3.63, 3.8) is 0 Å². The number of fused-ring (bicyclic) bond motifs is 2. The lowest BCUT2D eigenvalue weighted by molar-refractivity contribution is 0.281. The molecule has 0 spiro atoms. The van der Waals surface area contributed by atoms with E-state index in [0.29, 0.717) is 11.6 Å². The van der Waals surface area contributed by atoms with E-state index in [1.807, 2.05) is 6.07 Å². The van der Waals surface area contributed by atoms with Crippen molar-refractivity contribution in [2.24, 2.45) is 5.92 Å². The third kappa shape index (κ3) is 1.50. The number of piperidine rings is 1. The summed E-state index contributed by atoms with van der Waals surface area (Å²) in [6.07, 6.45) is 3.84. The molecule has 1 aliphatic carbocycles. The van der Waals surface area contributed by atoms with Crippen LogP contribution in [-0.4, -0.2) is 17.7 Å². The average Bonchev–Trinajstić information content (AvgIpc) is 2.90. The van der Waals surface area contributed by atoms with Crippen molar-refractivity contribution in [1.82, 2.24) is 0 Å². The number of aliphatic hydroxyl groups is 1. The van der Waals surface area contributed by atoms with Crippen LogP contribution in [0.1, 0.15) is 24.8 Å². The number of anilines is 1. The first kappa shape index (κ1) is 10.1. The number of hydrogen-bond acceptors (Lipinski definition) is 2. The zero-order valence-corrected chi connectivity index (χ0v) is 9.19. The van der Waals surface area contributed by atoms with Gasteiger partial charge in [0.15, 0.2) is 0 Å². The van der Waals surface area contributed by atoms with Crippen molar-refractivity contribution in [2.75, 3.05) is 11.4 Å². The van der Waals surface area contributed by atoms with E-state index in [1.54, 1.807) is 0 Å². The van der Waals surface area contributed by atoms with Crippen molar-refractivity contribution in [3.05, 3.63) is 29.6 Å². The Balaban J connectivity index is 1.94. The summed E-state index contributed by atoms with van der Waals surface area (Å²) < 4.78 is 13.1. The van der Waals surface area contributed by atoms with Crippen LogP contribution in [0.3, 0.4) is 0 Å². The number of hydrogen-bond donors (Lipinski definition) is 1. The summed E-state index contributed by atoms with van der Waals surface area (Å²) in [7, 11) is 0.